The van der Waals surface area contributed by atoms with E-state index in [1.165, 1.54) is 33.7 Å². The number of allylic oxidation sites excluding steroid dienone is 4. The van der Waals surface area contributed by atoms with Gasteiger partial charge in [0.15, 0.2) is 7.44 Å². The van der Waals surface area contributed by atoms with Crippen molar-refractivity contribution in [1.82, 2.24) is 4.57 Å². The summed E-state index contributed by atoms with van der Waals surface area (Å²) in [5.74, 6) is 1.28. The molecule has 0 fully saturated rings. The molecule has 0 saturated heterocycles. The quantitative estimate of drug-likeness (QED) is 0.554. The first-order valence-corrected chi connectivity index (χ1v) is 12.8. The second-order valence-electron chi connectivity index (χ2n) is 11.1. The van der Waals surface area contributed by atoms with Crippen molar-refractivity contribution in [2.45, 2.75) is 92.3 Å². The Morgan fingerprint density at radius 3 is 1.69 bits per heavy atom. The first-order chi connectivity index (χ1) is 13.1. The van der Waals surface area contributed by atoms with Gasteiger partial charge in [-0.15, -0.1) is 0 Å². The van der Waals surface area contributed by atoms with Crippen molar-refractivity contribution in [2.24, 2.45) is 0 Å². The van der Waals surface area contributed by atoms with E-state index < -0.39 is 8.27 Å². The first-order valence-electron chi connectivity index (χ1n) is 10.8. The van der Waals surface area contributed by atoms with Crippen LogP contribution in [0.4, 0.5) is 0 Å². The zero-order chi connectivity index (χ0) is 22.2. The third-order valence-corrected chi connectivity index (χ3v) is 12.8. The molecule has 1 heterocycles. The average Bonchev–Trinajstić information content (AvgIpc) is 2.74. The van der Waals surface area contributed by atoms with E-state index in [1.807, 2.05) is 0 Å². The summed E-state index contributed by atoms with van der Waals surface area (Å²) >= 11 is 0. The van der Waals surface area contributed by atoms with Crippen molar-refractivity contribution in [3.8, 4) is 0 Å². The van der Waals surface area contributed by atoms with Crippen LogP contribution in [0.15, 0.2) is 52.6 Å². The maximum Gasteiger partial charge on any atom is 0.421 e. The molecular weight excluding hydrogens is 367 g/mol. The summed E-state index contributed by atoms with van der Waals surface area (Å²) in [7, 11) is 5.08. The van der Waals surface area contributed by atoms with Gasteiger partial charge in [-0.1, -0.05) is 29.3 Å². The summed E-state index contributed by atoms with van der Waals surface area (Å²) in [6.45, 7) is 25.4. The Morgan fingerprint density at radius 1 is 0.862 bits per heavy atom. The molecule has 0 saturated carbocycles. The van der Waals surface area contributed by atoms with Crippen LogP contribution < -0.4 is 0 Å². The van der Waals surface area contributed by atoms with Crippen LogP contribution in [-0.2, 0) is 0 Å². The molecule has 2 nitrogen and oxygen atoms in total. The van der Waals surface area contributed by atoms with Crippen LogP contribution in [0.2, 0.25) is 5.04 Å². The van der Waals surface area contributed by atoms with Crippen molar-refractivity contribution in [2.75, 3.05) is 0 Å². The van der Waals surface area contributed by atoms with Crippen LogP contribution in [0.5, 0.6) is 0 Å². The van der Waals surface area contributed by atoms with E-state index in [9.17, 15) is 0 Å². The van der Waals surface area contributed by atoms with Crippen molar-refractivity contribution in [3.63, 3.8) is 0 Å². The Balaban J connectivity index is 2.43. The molecule has 29 heavy (non-hydrogen) atoms. The molecule has 0 N–H and O–H groups in total. The van der Waals surface area contributed by atoms with Gasteiger partial charge in [0.05, 0.1) is 21.7 Å². The van der Waals surface area contributed by atoms with Crippen molar-refractivity contribution >= 4 is 21.5 Å². The van der Waals surface area contributed by atoms with Crippen LogP contribution in [-0.4, -0.2) is 41.4 Å². The molecule has 0 aromatic heterocycles. The van der Waals surface area contributed by atoms with Crippen molar-refractivity contribution in [3.05, 3.63) is 58.2 Å². The third kappa shape index (κ3) is 2.78. The predicted molar refractivity (Wildman–Crippen MR) is 129 cm³/mol. The van der Waals surface area contributed by atoms with E-state index in [1.54, 1.807) is 0 Å². The lowest BCUT2D eigenvalue weighted by Gasteiger charge is -2.60. The fourth-order valence-corrected chi connectivity index (χ4v) is 11.2. The highest BCUT2D eigenvalue weighted by Gasteiger charge is 2.76. The zero-order valence-electron chi connectivity index (χ0n) is 20.4. The molecule has 1 aromatic rings. The van der Waals surface area contributed by atoms with E-state index in [0.717, 1.165) is 0 Å². The lowest BCUT2D eigenvalue weighted by molar-refractivity contribution is -0.516. The maximum atomic E-state index is 7.74. The minimum atomic E-state index is -2.66. The van der Waals surface area contributed by atoms with Crippen LogP contribution in [0, 0.1) is 0 Å². The summed E-state index contributed by atoms with van der Waals surface area (Å²) in [6, 6.07) is 10.8. The number of hydrogen-bond acceptors (Lipinski definition) is 1. The van der Waals surface area contributed by atoms with E-state index in [0.29, 0.717) is 0 Å². The van der Waals surface area contributed by atoms with Crippen LogP contribution in [0.25, 0.3) is 0 Å². The van der Waals surface area contributed by atoms with Crippen molar-refractivity contribution in [1.29, 1.82) is 0 Å². The normalized spacial score (nSPS) is 25.1. The molecule has 1 unspecified atom stereocenters. The molecule has 154 valence electrons. The summed E-state index contributed by atoms with van der Waals surface area (Å²) in [4.78, 5) is 0. The van der Waals surface area contributed by atoms with Crippen LogP contribution in [0.1, 0.15) is 81.7 Å². The fraction of sp³-hybridized carbons (Fsp3) is 0.560. The molecular formula is C25H38BN2Si+. The van der Waals surface area contributed by atoms with Gasteiger partial charge in [-0.3, -0.25) is 8.81 Å². The molecule has 4 heteroatoms. The number of nitrogens with zero attached hydrogens (tertiary/aromatic N) is 2. The van der Waals surface area contributed by atoms with Gasteiger partial charge in [-0.05, 0) is 99.4 Å². The van der Waals surface area contributed by atoms with Gasteiger partial charge in [0, 0.05) is 0 Å². The Kier molecular flexibility index (Phi) is 4.94. The molecule has 2 radical (unpaired) electrons. The second kappa shape index (κ2) is 6.47. The highest BCUT2D eigenvalue weighted by Crippen LogP contribution is 2.61. The Bertz CT molecular complexity index is 917. The smallest absolute Gasteiger partial charge is 0.277 e. The van der Waals surface area contributed by atoms with E-state index in [2.05, 4.69) is 115 Å². The first kappa shape index (κ1) is 22.1. The van der Waals surface area contributed by atoms with E-state index in [-0.39, 0.29) is 16.1 Å². The van der Waals surface area contributed by atoms with Gasteiger partial charge >= 0.3 is 8.27 Å². The number of benzene rings is 1. The molecule has 1 atom stereocenters. The average molecular weight is 405 g/mol. The van der Waals surface area contributed by atoms with E-state index >= 15 is 0 Å². The molecule has 1 aliphatic heterocycles. The van der Waals surface area contributed by atoms with E-state index in [4.69, 9.17) is 7.44 Å². The monoisotopic (exact) mass is 405 g/mol. The summed E-state index contributed by atoms with van der Waals surface area (Å²) < 4.78 is 5.22. The SMILES string of the molecule is [B][Si]1(C2(C)C(C)=C(C)C(C)=C2C)N(C(C)(C)C)C(c2ccccc2)=[N+]1C(C)(C)C. The molecule has 0 bridgehead atoms. The highest BCUT2D eigenvalue weighted by atomic mass is 28.3. The lowest BCUT2D eigenvalue weighted by atomic mass is 9.97. The van der Waals surface area contributed by atoms with Crippen LogP contribution in [0.3, 0.4) is 0 Å². The Morgan fingerprint density at radius 2 is 1.31 bits per heavy atom. The number of hydrogen-bond donors (Lipinski definition) is 0. The maximum absolute atomic E-state index is 7.74. The van der Waals surface area contributed by atoms with Gasteiger partial charge < -0.3 is 0 Å². The Hall–Kier alpha value is -1.55. The predicted octanol–water partition coefficient (Wildman–Crippen LogP) is 5.91. The third-order valence-electron chi connectivity index (χ3n) is 7.40. The molecule has 0 amide bonds. The molecule has 1 aromatic carbocycles. The zero-order valence-corrected chi connectivity index (χ0v) is 21.4. The van der Waals surface area contributed by atoms with Gasteiger partial charge in [-0.25, -0.2) is 0 Å². The largest absolute Gasteiger partial charge is 0.421 e. The minimum Gasteiger partial charge on any atom is -0.277 e. The summed E-state index contributed by atoms with van der Waals surface area (Å²) in [5.41, 5.74) is 6.83. The minimum absolute atomic E-state index is 0.0676. The van der Waals surface area contributed by atoms with Crippen molar-refractivity contribution < 1.29 is 4.24 Å². The molecule has 0 spiro atoms. The van der Waals surface area contributed by atoms with Gasteiger partial charge in [-0.2, -0.15) is 0 Å². The second-order valence-corrected chi connectivity index (χ2v) is 14.4. The molecule has 3 rings (SSSR count). The number of amidine groups is 1. The van der Waals surface area contributed by atoms with Gasteiger partial charge in [0.1, 0.15) is 0 Å². The summed E-state index contributed by atoms with van der Waals surface area (Å²) in [6.07, 6.45) is 0. The lowest BCUT2D eigenvalue weighted by Crippen LogP contribution is -2.87. The van der Waals surface area contributed by atoms with Crippen LogP contribution >= 0.6 is 0 Å². The topological polar surface area (TPSA) is 6.25 Å². The van der Waals surface area contributed by atoms with Gasteiger partial charge in [0.25, 0.3) is 5.84 Å². The summed E-state index contributed by atoms with van der Waals surface area (Å²) in [5, 5.41) is -0.139. The number of rotatable bonds is 2. The fourth-order valence-electron chi connectivity index (χ4n) is 5.57. The molecule has 1 aliphatic carbocycles. The molecule has 2 aliphatic rings. The van der Waals surface area contributed by atoms with Gasteiger partial charge in [0.2, 0.25) is 0 Å². The highest BCUT2D eigenvalue weighted by molar-refractivity contribution is 7.16. The Labute approximate surface area is 180 Å². The standard InChI is InChI=1S/C25H38BN2Si/c1-17-18(2)20(4)25(11,19(17)3)29(26)27(23(5,6)7)22(28(29)24(8,9)10)21-15-13-12-14-16-21/h12-16H,1-11H3/q+1.